The molecule has 3 unspecified atom stereocenters. The van der Waals surface area contributed by atoms with E-state index >= 15 is 0 Å². The van der Waals surface area contributed by atoms with Crippen LogP contribution in [0.3, 0.4) is 0 Å². The third kappa shape index (κ3) is 4.33. The zero-order chi connectivity index (χ0) is 16.2. The minimum Gasteiger partial charge on any atom is -0.469 e. The van der Waals surface area contributed by atoms with Crippen LogP contribution < -0.4 is 5.32 Å². The molecule has 3 atom stereocenters. The molecule has 2 fully saturated rings. The zero-order valence-corrected chi connectivity index (χ0v) is 14.2. The highest BCUT2D eigenvalue weighted by Crippen LogP contribution is 2.36. The molecule has 2 aliphatic rings. The Hall–Kier alpha value is -1.39. The Bertz CT molecular complexity index is 515. The number of nitrogens with zero attached hydrogens (tertiary/aromatic N) is 1. The standard InChI is InChI=1S/C19H28N2O2/c1-14(16-8-9-16)21-12-17(19(22)23-2)10-18(13-21)20-11-15-6-4-3-5-7-15/h3-7,14,16-18,20H,8-13H2,1-2H3. The lowest BCUT2D eigenvalue weighted by Gasteiger charge is -2.40. The molecule has 0 bridgehead atoms. The molecule has 0 radical (unpaired) electrons. The van der Waals surface area contributed by atoms with Gasteiger partial charge in [-0.25, -0.2) is 0 Å². The summed E-state index contributed by atoms with van der Waals surface area (Å²) < 4.78 is 5.01. The number of rotatable bonds is 6. The van der Waals surface area contributed by atoms with Crippen LogP contribution in [-0.4, -0.2) is 43.2 Å². The van der Waals surface area contributed by atoms with Crippen LogP contribution in [0.5, 0.6) is 0 Å². The summed E-state index contributed by atoms with van der Waals surface area (Å²) in [6.45, 7) is 5.03. The van der Waals surface area contributed by atoms with Crippen LogP contribution in [0, 0.1) is 11.8 Å². The third-order valence-corrected chi connectivity index (χ3v) is 5.33. The maximum Gasteiger partial charge on any atom is 0.310 e. The summed E-state index contributed by atoms with van der Waals surface area (Å²) in [6.07, 6.45) is 3.54. The third-order valence-electron chi connectivity index (χ3n) is 5.33. The van der Waals surface area contributed by atoms with E-state index < -0.39 is 0 Å². The summed E-state index contributed by atoms with van der Waals surface area (Å²) in [7, 11) is 1.50. The van der Waals surface area contributed by atoms with Crippen LogP contribution in [0.4, 0.5) is 0 Å². The number of hydrogen-bond acceptors (Lipinski definition) is 4. The van der Waals surface area contributed by atoms with Gasteiger partial charge in [0.05, 0.1) is 13.0 Å². The second kappa shape index (κ2) is 7.45. The highest BCUT2D eigenvalue weighted by atomic mass is 16.5. The molecule has 1 saturated carbocycles. The maximum atomic E-state index is 12.1. The van der Waals surface area contributed by atoms with Gasteiger partial charge in [0, 0.05) is 31.7 Å². The fraction of sp³-hybridized carbons (Fsp3) is 0.632. The number of carbonyl (C=O) groups excluding carboxylic acids is 1. The van der Waals surface area contributed by atoms with Crippen molar-refractivity contribution >= 4 is 5.97 Å². The Labute approximate surface area is 139 Å². The van der Waals surface area contributed by atoms with Gasteiger partial charge in [0.15, 0.2) is 0 Å². The van der Waals surface area contributed by atoms with Crippen LogP contribution >= 0.6 is 0 Å². The molecule has 1 aromatic carbocycles. The second-order valence-corrected chi connectivity index (χ2v) is 7.05. The molecule has 1 aromatic rings. The summed E-state index contributed by atoms with van der Waals surface area (Å²) >= 11 is 0. The van der Waals surface area contributed by atoms with Gasteiger partial charge in [0.25, 0.3) is 0 Å². The number of nitrogens with one attached hydrogen (secondary N) is 1. The van der Waals surface area contributed by atoms with Gasteiger partial charge in [-0.15, -0.1) is 0 Å². The molecule has 0 aromatic heterocycles. The summed E-state index contributed by atoms with van der Waals surface area (Å²) in [6, 6.07) is 11.4. The lowest BCUT2D eigenvalue weighted by Crippen LogP contribution is -2.54. The molecule has 3 rings (SSSR count). The minimum absolute atomic E-state index is 0.0109. The quantitative estimate of drug-likeness (QED) is 0.819. The highest BCUT2D eigenvalue weighted by Gasteiger charge is 2.38. The molecule has 126 valence electrons. The van der Waals surface area contributed by atoms with Gasteiger partial charge in [0.1, 0.15) is 0 Å². The first-order valence-corrected chi connectivity index (χ1v) is 8.76. The van der Waals surface area contributed by atoms with Crippen molar-refractivity contribution in [3.05, 3.63) is 35.9 Å². The van der Waals surface area contributed by atoms with E-state index in [1.165, 1.54) is 25.5 Å². The lowest BCUT2D eigenvalue weighted by molar-refractivity contribution is -0.148. The van der Waals surface area contributed by atoms with E-state index in [1.807, 2.05) is 6.07 Å². The fourth-order valence-electron chi connectivity index (χ4n) is 3.69. The number of hydrogen-bond donors (Lipinski definition) is 1. The summed E-state index contributed by atoms with van der Waals surface area (Å²) in [4.78, 5) is 14.6. The van der Waals surface area contributed by atoms with Crippen molar-refractivity contribution in [3.8, 4) is 0 Å². The maximum absolute atomic E-state index is 12.1. The molecule has 1 heterocycles. The van der Waals surface area contributed by atoms with Crippen LogP contribution in [-0.2, 0) is 16.1 Å². The Morgan fingerprint density at radius 2 is 2.04 bits per heavy atom. The zero-order valence-electron chi connectivity index (χ0n) is 14.2. The Kier molecular flexibility index (Phi) is 5.34. The van der Waals surface area contributed by atoms with Gasteiger partial charge in [-0.05, 0) is 37.7 Å². The second-order valence-electron chi connectivity index (χ2n) is 7.05. The fourth-order valence-corrected chi connectivity index (χ4v) is 3.69. The number of benzene rings is 1. The summed E-state index contributed by atoms with van der Waals surface area (Å²) in [5.74, 6) is 0.744. The molecular weight excluding hydrogens is 288 g/mol. The number of piperidine rings is 1. The molecule has 1 aliphatic heterocycles. The molecule has 0 spiro atoms. The average Bonchev–Trinajstić information content (AvgIpc) is 3.44. The number of ether oxygens (including phenoxy) is 1. The minimum atomic E-state index is -0.0655. The largest absolute Gasteiger partial charge is 0.469 e. The molecule has 1 saturated heterocycles. The summed E-state index contributed by atoms with van der Waals surface area (Å²) in [5, 5.41) is 3.64. The molecule has 0 amide bonds. The van der Waals surface area contributed by atoms with E-state index in [4.69, 9.17) is 4.74 Å². The molecule has 1 N–H and O–H groups in total. The number of esters is 1. The van der Waals surface area contributed by atoms with Gasteiger partial charge in [-0.3, -0.25) is 9.69 Å². The van der Waals surface area contributed by atoms with Gasteiger partial charge in [0.2, 0.25) is 0 Å². The topological polar surface area (TPSA) is 41.6 Å². The van der Waals surface area contributed by atoms with E-state index in [9.17, 15) is 4.79 Å². The van der Waals surface area contributed by atoms with Crippen molar-refractivity contribution in [3.63, 3.8) is 0 Å². The van der Waals surface area contributed by atoms with Crippen molar-refractivity contribution in [2.24, 2.45) is 11.8 Å². The van der Waals surface area contributed by atoms with E-state index in [0.717, 1.165) is 32.0 Å². The Balaban J connectivity index is 1.61. The van der Waals surface area contributed by atoms with Gasteiger partial charge < -0.3 is 10.1 Å². The van der Waals surface area contributed by atoms with Crippen LogP contribution in [0.1, 0.15) is 31.7 Å². The molecule has 1 aliphatic carbocycles. The number of methoxy groups -OCH3 is 1. The van der Waals surface area contributed by atoms with Crippen molar-refractivity contribution in [1.82, 2.24) is 10.2 Å². The van der Waals surface area contributed by atoms with Crippen molar-refractivity contribution in [2.45, 2.75) is 44.8 Å². The summed E-state index contributed by atoms with van der Waals surface area (Å²) in [5.41, 5.74) is 1.29. The van der Waals surface area contributed by atoms with E-state index in [1.54, 1.807) is 0 Å². The molecule has 4 heteroatoms. The van der Waals surface area contributed by atoms with Crippen molar-refractivity contribution < 1.29 is 9.53 Å². The van der Waals surface area contributed by atoms with E-state index in [-0.39, 0.29) is 11.9 Å². The SMILES string of the molecule is COC(=O)C1CC(NCc2ccccc2)CN(C(C)C2CC2)C1. The normalized spacial score (nSPS) is 26.7. The number of carbonyl (C=O) groups is 1. The first-order chi connectivity index (χ1) is 11.2. The van der Waals surface area contributed by atoms with Crippen LogP contribution in [0.2, 0.25) is 0 Å². The smallest absolute Gasteiger partial charge is 0.310 e. The molecular formula is C19H28N2O2. The molecule has 4 nitrogen and oxygen atoms in total. The van der Waals surface area contributed by atoms with E-state index in [2.05, 4.69) is 41.4 Å². The van der Waals surface area contributed by atoms with Crippen LogP contribution in [0.15, 0.2) is 30.3 Å². The lowest BCUT2D eigenvalue weighted by atomic mass is 9.92. The number of likely N-dealkylation sites (tertiary alicyclic amines) is 1. The monoisotopic (exact) mass is 316 g/mol. The average molecular weight is 316 g/mol. The Morgan fingerprint density at radius 3 is 2.70 bits per heavy atom. The first kappa shape index (κ1) is 16.5. The van der Waals surface area contributed by atoms with E-state index in [0.29, 0.717) is 12.1 Å². The van der Waals surface area contributed by atoms with Crippen LogP contribution in [0.25, 0.3) is 0 Å². The van der Waals surface area contributed by atoms with Crippen molar-refractivity contribution in [2.75, 3.05) is 20.2 Å². The first-order valence-electron chi connectivity index (χ1n) is 8.76. The van der Waals surface area contributed by atoms with Gasteiger partial charge >= 0.3 is 5.97 Å². The molecule has 23 heavy (non-hydrogen) atoms. The van der Waals surface area contributed by atoms with Gasteiger partial charge in [-0.1, -0.05) is 30.3 Å². The predicted molar refractivity (Wildman–Crippen MR) is 91.0 cm³/mol. The predicted octanol–water partition coefficient (Wildman–Crippen LogP) is 2.44. The van der Waals surface area contributed by atoms with Crippen molar-refractivity contribution in [1.29, 1.82) is 0 Å². The van der Waals surface area contributed by atoms with Gasteiger partial charge in [-0.2, -0.15) is 0 Å². The highest BCUT2D eigenvalue weighted by molar-refractivity contribution is 5.72. The Morgan fingerprint density at radius 1 is 1.30 bits per heavy atom.